The summed E-state index contributed by atoms with van der Waals surface area (Å²) in [5.41, 5.74) is 3.23. The van der Waals surface area contributed by atoms with Gasteiger partial charge in [-0.3, -0.25) is 14.9 Å². The van der Waals surface area contributed by atoms with Gasteiger partial charge in [-0.1, -0.05) is 19.1 Å². The summed E-state index contributed by atoms with van der Waals surface area (Å²) in [5.74, 6) is -0.486. The Morgan fingerprint density at radius 2 is 1.95 bits per heavy atom. The van der Waals surface area contributed by atoms with Gasteiger partial charge in [0.05, 0.1) is 13.1 Å². The fourth-order valence-corrected chi connectivity index (χ4v) is 2.26. The van der Waals surface area contributed by atoms with Crippen LogP contribution in [0.3, 0.4) is 0 Å². The van der Waals surface area contributed by atoms with Crippen LogP contribution in [0.2, 0.25) is 0 Å². The molecule has 0 radical (unpaired) electrons. The summed E-state index contributed by atoms with van der Waals surface area (Å²) in [6.07, 6.45) is 0. The summed E-state index contributed by atoms with van der Waals surface area (Å²) < 4.78 is 0. The Hall–Kier alpha value is -1.88. The van der Waals surface area contributed by atoms with Gasteiger partial charge in [-0.05, 0) is 30.7 Å². The average molecular weight is 261 g/mol. The fraction of sp³-hybridized carbons (Fsp3) is 0.429. The molecule has 19 heavy (non-hydrogen) atoms. The minimum atomic E-state index is -0.243. The van der Waals surface area contributed by atoms with Crippen LogP contribution < -0.4 is 15.5 Å². The molecule has 0 aromatic heterocycles. The maximum Gasteiger partial charge on any atom is 0.246 e. The molecule has 5 nitrogen and oxygen atoms in total. The van der Waals surface area contributed by atoms with E-state index in [4.69, 9.17) is 0 Å². The van der Waals surface area contributed by atoms with Crippen LogP contribution in [-0.2, 0) is 16.1 Å². The minimum absolute atomic E-state index is 0.235. The van der Waals surface area contributed by atoms with Crippen molar-refractivity contribution < 1.29 is 9.59 Å². The Morgan fingerprint density at radius 1 is 1.26 bits per heavy atom. The molecule has 0 bridgehead atoms. The second-order valence-electron chi connectivity index (χ2n) is 4.73. The van der Waals surface area contributed by atoms with Crippen LogP contribution in [0.1, 0.15) is 18.1 Å². The Balaban J connectivity index is 2.16. The zero-order valence-corrected chi connectivity index (χ0v) is 11.3. The lowest BCUT2D eigenvalue weighted by Gasteiger charge is -2.29. The van der Waals surface area contributed by atoms with Crippen LogP contribution in [0.4, 0.5) is 5.69 Å². The lowest BCUT2D eigenvalue weighted by atomic mass is 10.1. The van der Waals surface area contributed by atoms with Gasteiger partial charge in [-0.25, -0.2) is 0 Å². The third-order valence-corrected chi connectivity index (χ3v) is 3.13. The number of hydrogen-bond acceptors (Lipinski definition) is 4. The largest absolute Gasteiger partial charge is 0.353 e. The number of aryl methyl sites for hydroxylation is 1. The number of carbonyl (C=O) groups is 2. The summed E-state index contributed by atoms with van der Waals surface area (Å²) >= 11 is 0. The van der Waals surface area contributed by atoms with Gasteiger partial charge in [0, 0.05) is 12.2 Å². The Labute approximate surface area is 113 Å². The topological polar surface area (TPSA) is 61.4 Å². The number of hydrogen-bond donors (Lipinski definition) is 2. The molecule has 2 amide bonds. The monoisotopic (exact) mass is 261 g/mol. The number of amides is 2. The van der Waals surface area contributed by atoms with Crippen molar-refractivity contribution in [2.24, 2.45) is 0 Å². The molecule has 2 rings (SSSR count). The van der Waals surface area contributed by atoms with E-state index in [1.54, 1.807) is 0 Å². The van der Waals surface area contributed by atoms with Gasteiger partial charge in [0.1, 0.15) is 0 Å². The molecular weight excluding hydrogens is 242 g/mol. The summed E-state index contributed by atoms with van der Waals surface area (Å²) in [4.78, 5) is 24.6. The minimum Gasteiger partial charge on any atom is -0.353 e. The van der Waals surface area contributed by atoms with E-state index >= 15 is 0 Å². The number of benzene rings is 1. The smallest absolute Gasteiger partial charge is 0.246 e. The molecule has 1 aromatic rings. The van der Waals surface area contributed by atoms with Gasteiger partial charge >= 0.3 is 0 Å². The molecule has 0 aliphatic carbocycles. The van der Waals surface area contributed by atoms with Gasteiger partial charge in [-0.2, -0.15) is 0 Å². The van der Waals surface area contributed by atoms with E-state index in [9.17, 15) is 9.59 Å². The molecule has 1 aliphatic heterocycles. The quantitative estimate of drug-likeness (QED) is 0.778. The van der Waals surface area contributed by atoms with Crippen LogP contribution in [0.15, 0.2) is 18.2 Å². The molecule has 1 fully saturated rings. The number of nitrogens with zero attached hydrogens (tertiary/aromatic N) is 1. The Bertz CT molecular complexity index is 483. The average Bonchev–Trinajstić information content (AvgIpc) is 2.35. The number of nitrogens with one attached hydrogen (secondary N) is 2. The lowest BCUT2D eigenvalue weighted by molar-refractivity contribution is -0.130. The standard InChI is InChI=1S/C14H19N3O2/c1-3-15-7-11-4-5-12(10(2)6-11)17-8-13(18)16-14(19)9-17/h4-6,15H,3,7-9H2,1-2H3,(H,16,18,19). The molecule has 0 spiro atoms. The first kappa shape index (κ1) is 13.5. The van der Waals surface area contributed by atoms with Crippen molar-refractivity contribution in [3.8, 4) is 0 Å². The molecule has 5 heteroatoms. The van der Waals surface area contributed by atoms with E-state index in [2.05, 4.69) is 23.6 Å². The van der Waals surface area contributed by atoms with Gasteiger partial charge in [0.2, 0.25) is 11.8 Å². The summed E-state index contributed by atoms with van der Waals surface area (Å²) in [6, 6.07) is 6.10. The van der Waals surface area contributed by atoms with Crippen molar-refractivity contribution in [2.45, 2.75) is 20.4 Å². The van der Waals surface area contributed by atoms with Crippen LogP contribution in [0.5, 0.6) is 0 Å². The zero-order chi connectivity index (χ0) is 13.8. The first-order chi connectivity index (χ1) is 9.10. The Kier molecular flexibility index (Phi) is 4.16. The lowest BCUT2D eigenvalue weighted by Crippen LogP contribution is -2.51. The molecule has 1 aromatic carbocycles. The number of anilines is 1. The van der Waals surface area contributed by atoms with E-state index in [0.717, 1.165) is 24.3 Å². The summed E-state index contributed by atoms with van der Waals surface area (Å²) in [7, 11) is 0. The molecule has 1 aliphatic rings. The number of carbonyl (C=O) groups excluding carboxylic acids is 2. The van der Waals surface area contributed by atoms with E-state index in [0.29, 0.717) is 0 Å². The molecule has 1 saturated heterocycles. The maximum atomic E-state index is 11.4. The van der Waals surface area contributed by atoms with Crippen LogP contribution in [0, 0.1) is 6.92 Å². The fourth-order valence-electron chi connectivity index (χ4n) is 2.26. The van der Waals surface area contributed by atoms with Gasteiger partial charge < -0.3 is 10.2 Å². The highest BCUT2D eigenvalue weighted by molar-refractivity contribution is 6.02. The third kappa shape index (κ3) is 3.32. The molecule has 0 atom stereocenters. The zero-order valence-electron chi connectivity index (χ0n) is 11.3. The van der Waals surface area contributed by atoms with Crippen LogP contribution >= 0.6 is 0 Å². The highest BCUT2D eigenvalue weighted by Gasteiger charge is 2.23. The van der Waals surface area contributed by atoms with E-state index in [1.807, 2.05) is 24.0 Å². The third-order valence-electron chi connectivity index (χ3n) is 3.13. The van der Waals surface area contributed by atoms with Crippen LogP contribution in [0.25, 0.3) is 0 Å². The summed E-state index contributed by atoms with van der Waals surface area (Å²) in [6.45, 7) is 6.30. The van der Waals surface area contributed by atoms with Crippen molar-refractivity contribution in [3.05, 3.63) is 29.3 Å². The van der Waals surface area contributed by atoms with Gasteiger partial charge in [-0.15, -0.1) is 0 Å². The van der Waals surface area contributed by atoms with Crippen molar-refractivity contribution in [2.75, 3.05) is 24.5 Å². The van der Waals surface area contributed by atoms with E-state index < -0.39 is 0 Å². The molecule has 102 valence electrons. The molecular formula is C14H19N3O2. The van der Waals surface area contributed by atoms with Crippen molar-refractivity contribution in [1.29, 1.82) is 0 Å². The molecule has 0 saturated carbocycles. The maximum absolute atomic E-state index is 11.4. The molecule has 1 heterocycles. The van der Waals surface area contributed by atoms with Crippen LogP contribution in [-0.4, -0.2) is 31.4 Å². The molecule has 2 N–H and O–H groups in total. The van der Waals surface area contributed by atoms with Crippen molar-refractivity contribution in [1.82, 2.24) is 10.6 Å². The first-order valence-corrected chi connectivity index (χ1v) is 6.48. The normalized spacial score (nSPS) is 15.6. The molecule has 0 unspecified atom stereocenters. The highest BCUT2D eigenvalue weighted by atomic mass is 16.2. The highest BCUT2D eigenvalue weighted by Crippen LogP contribution is 2.22. The van der Waals surface area contributed by atoms with Crippen molar-refractivity contribution in [3.63, 3.8) is 0 Å². The summed E-state index contributed by atoms with van der Waals surface area (Å²) in [5, 5.41) is 5.58. The van der Waals surface area contributed by atoms with Crippen molar-refractivity contribution >= 4 is 17.5 Å². The number of imide groups is 1. The second kappa shape index (κ2) is 5.84. The first-order valence-electron chi connectivity index (χ1n) is 6.48. The SMILES string of the molecule is CCNCc1ccc(N2CC(=O)NC(=O)C2)c(C)c1. The Morgan fingerprint density at radius 3 is 2.53 bits per heavy atom. The van der Waals surface area contributed by atoms with E-state index in [-0.39, 0.29) is 24.9 Å². The predicted molar refractivity (Wildman–Crippen MR) is 73.9 cm³/mol. The number of rotatable bonds is 4. The van der Waals surface area contributed by atoms with Gasteiger partial charge in [0.15, 0.2) is 0 Å². The number of piperazine rings is 1. The van der Waals surface area contributed by atoms with E-state index in [1.165, 1.54) is 5.56 Å². The van der Waals surface area contributed by atoms with Gasteiger partial charge in [0.25, 0.3) is 0 Å². The second-order valence-corrected chi connectivity index (χ2v) is 4.73. The predicted octanol–water partition coefficient (Wildman–Crippen LogP) is 0.567.